The molecule has 182 valence electrons. The number of fused-ring (bicyclic) bond motifs is 1. The zero-order chi connectivity index (χ0) is 19.7. The van der Waals surface area contributed by atoms with Gasteiger partial charge in [-0.25, -0.2) is 4.98 Å². The third-order valence-corrected chi connectivity index (χ3v) is 5.30. The zero-order valence-corrected chi connectivity index (χ0v) is 19.6. The summed E-state index contributed by atoms with van der Waals surface area (Å²) in [5.41, 5.74) is 6.87. The number of carbonyl (C=O) groups is 1. The number of amides is 1. The number of aromatic nitrogens is 2. The van der Waals surface area contributed by atoms with Crippen molar-refractivity contribution in [1.82, 2.24) is 14.9 Å². The van der Waals surface area contributed by atoms with Gasteiger partial charge in [0.25, 0.3) is 5.91 Å². The number of nitrogens with zero attached hydrogens (tertiary/aromatic N) is 4. The molecule has 0 spiro atoms. The Hall–Kier alpha value is -2.31. The highest BCUT2D eigenvalue weighted by atomic mass is 35.5. The first-order chi connectivity index (χ1) is 13.6. The summed E-state index contributed by atoms with van der Waals surface area (Å²) in [4.78, 5) is 25.6. The lowest BCUT2D eigenvalue weighted by Crippen LogP contribution is -2.51. The number of carbonyl (C=O) groups excluding carboxylic acids is 1. The predicted molar refractivity (Wildman–Crippen MR) is 127 cm³/mol. The molecule has 1 unspecified atom stereocenters. The predicted octanol–water partition coefficient (Wildman–Crippen LogP) is 0.251. The summed E-state index contributed by atoms with van der Waals surface area (Å²) in [5, 5.41) is 0.716. The number of ether oxygens (including phenoxy) is 3. The highest BCUT2D eigenvalue weighted by molar-refractivity contribution is 5.91. The molecule has 2 saturated heterocycles. The Balaban J connectivity index is 0.00000240. The molecular formula is C19H31Cl2N5O6. The van der Waals surface area contributed by atoms with Crippen LogP contribution < -0.4 is 20.1 Å². The Morgan fingerprint density at radius 1 is 1.06 bits per heavy atom. The van der Waals surface area contributed by atoms with Gasteiger partial charge in [-0.15, -0.1) is 24.8 Å². The Morgan fingerprint density at radius 3 is 2.25 bits per heavy atom. The van der Waals surface area contributed by atoms with Gasteiger partial charge in [0.05, 0.1) is 19.7 Å². The van der Waals surface area contributed by atoms with Crippen molar-refractivity contribution >= 4 is 53.4 Å². The number of hydrogen-bond donors (Lipinski definition) is 1. The molecule has 0 aliphatic carbocycles. The number of hydrogen-bond acceptors (Lipinski definition) is 8. The fourth-order valence-corrected chi connectivity index (χ4v) is 3.71. The van der Waals surface area contributed by atoms with Gasteiger partial charge < -0.3 is 40.7 Å². The quantitative estimate of drug-likeness (QED) is 0.629. The Morgan fingerprint density at radius 2 is 1.69 bits per heavy atom. The Kier molecular flexibility index (Phi) is 11.7. The topological polar surface area (TPSA) is 166 Å². The molecular weight excluding hydrogens is 465 g/mol. The van der Waals surface area contributed by atoms with Crippen LogP contribution in [0.4, 0.5) is 11.8 Å². The number of benzene rings is 1. The summed E-state index contributed by atoms with van der Waals surface area (Å²) in [6.45, 7) is 3.21. The van der Waals surface area contributed by atoms with Gasteiger partial charge in [-0.05, 0) is 18.9 Å². The minimum absolute atomic E-state index is 0. The maximum atomic E-state index is 12.5. The molecule has 1 aromatic heterocycles. The first-order valence-corrected chi connectivity index (χ1v) is 9.45. The van der Waals surface area contributed by atoms with E-state index in [1.807, 2.05) is 9.80 Å². The second-order valence-corrected chi connectivity index (χ2v) is 6.95. The molecule has 32 heavy (non-hydrogen) atoms. The van der Waals surface area contributed by atoms with Crippen molar-refractivity contribution in [2.45, 2.75) is 18.9 Å². The Labute approximate surface area is 198 Å². The number of halogens is 2. The van der Waals surface area contributed by atoms with E-state index in [0.717, 1.165) is 12.8 Å². The van der Waals surface area contributed by atoms with E-state index in [0.29, 0.717) is 67.0 Å². The van der Waals surface area contributed by atoms with Crippen molar-refractivity contribution in [3.8, 4) is 11.5 Å². The maximum absolute atomic E-state index is 12.5. The molecule has 2 fully saturated rings. The van der Waals surface area contributed by atoms with Gasteiger partial charge in [-0.3, -0.25) is 4.79 Å². The molecule has 2 aromatic rings. The highest BCUT2D eigenvalue weighted by Crippen LogP contribution is 2.34. The average Bonchev–Trinajstić information content (AvgIpc) is 3.27. The smallest absolute Gasteiger partial charge is 0.251 e. The van der Waals surface area contributed by atoms with Crippen LogP contribution in [0.25, 0.3) is 10.9 Å². The fraction of sp³-hybridized carbons (Fsp3) is 0.526. The lowest BCUT2D eigenvalue weighted by atomic mass is 10.2. The lowest BCUT2D eigenvalue weighted by molar-refractivity contribution is -0.141. The Bertz CT molecular complexity index is 892. The van der Waals surface area contributed by atoms with E-state index in [9.17, 15) is 4.79 Å². The minimum atomic E-state index is -0.276. The summed E-state index contributed by atoms with van der Waals surface area (Å²) in [6.07, 6.45) is 1.49. The fourth-order valence-electron chi connectivity index (χ4n) is 3.71. The monoisotopic (exact) mass is 495 g/mol. The van der Waals surface area contributed by atoms with E-state index in [1.165, 1.54) is 0 Å². The summed E-state index contributed by atoms with van der Waals surface area (Å²) < 4.78 is 16.2. The average molecular weight is 496 g/mol. The molecule has 11 nitrogen and oxygen atoms in total. The van der Waals surface area contributed by atoms with Crippen LogP contribution in [0.2, 0.25) is 0 Å². The van der Waals surface area contributed by atoms with Crippen molar-refractivity contribution in [2.24, 2.45) is 0 Å². The standard InChI is InChI=1S/C19H25N5O4.2ClH.2H2O/c1-26-15-10-12-13(11-16(15)27-2)21-19(22-17(12)20)24-7-5-23(6-8-24)18(25)14-4-3-9-28-14;;;;/h10-11,14H,3-9H2,1-2H3,(H2,20,21,22);2*1H;2*1H2. The van der Waals surface area contributed by atoms with Crippen LogP contribution in [0.5, 0.6) is 11.5 Å². The van der Waals surface area contributed by atoms with E-state index in [2.05, 4.69) is 9.97 Å². The van der Waals surface area contributed by atoms with Crippen molar-refractivity contribution in [3.63, 3.8) is 0 Å². The first kappa shape index (κ1) is 29.7. The van der Waals surface area contributed by atoms with E-state index < -0.39 is 0 Å². The molecule has 6 N–H and O–H groups in total. The largest absolute Gasteiger partial charge is 0.493 e. The summed E-state index contributed by atoms with van der Waals surface area (Å²) in [7, 11) is 3.16. The lowest BCUT2D eigenvalue weighted by Gasteiger charge is -2.35. The zero-order valence-electron chi connectivity index (χ0n) is 18.0. The van der Waals surface area contributed by atoms with Crippen molar-refractivity contribution in [1.29, 1.82) is 0 Å². The molecule has 2 aliphatic heterocycles. The normalized spacial score (nSPS) is 17.4. The van der Waals surface area contributed by atoms with Gasteiger partial charge in [-0.1, -0.05) is 0 Å². The summed E-state index contributed by atoms with van der Waals surface area (Å²) in [5.74, 6) is 2.21. The number of nitrogen functional groups attached to an aromatic ring is 1. The van der Waals surface area contributed by atoms with Crippen LogP contribution >= 0.6 is 24.8 Å². The van der Waals surface area contributed by atoms with Gasteiger partial charge in [0.15, 0.2) is 11.5 Å². The molecule has 4 rings (SSSR count). The second kappa shape index (κ2) is 12.7. The van der Waals surface area contributed by atoms with E-state index >= 15 is 0 Å². The SMILES string of the molecule is COc1cc2nc(N3CCN(C(=O)C4CCCO4)CC3)nc(N)c2cc1OC.Cl.Cl.O.O. The second-order valence-electron chi connectivity index (χ2n) is 6.95. The minimum Gasteiger partial charge on any atom is -0.493 e. The van der Waals surface area contributed by atoms with Crippen molar-refractivity contribution in [3.05, 3.63) is 12.1 Å². The van der Waals surface area contributed by atoms with E-state index in [1.54, 1.807) is 26.4 Å². The summed E-state index contributed by atoms with van der Waals surface area (Å²) in [6, 6.07) is 3.58. The van der Waals surface area contributed by atoms with Crippen LogP contribution in [0.3, 0.4) is 0 Å². The number of nitrogens with two attached hydrogens (primary N) is 1. The summed E-state index contributed by atoms with van der Waals surface area (Å²) >= 11 is 0. The molecule has 0 saturated carbocycles. The third kappa shape index (κ3) is 5.73. The van der Waals surface area contributed by atoms with Gasteiger partial charge >= 0.3 is 0 Å². The molecule has 1 aromatic carbocycles. The molecule has 1 atom stereocenters. The van der Waals surface area contributed by atoms with Crippen molar-refractivity contribution < 1.29 is 30.0 Å². The van der Waals surface area contributed by atoms with Gasteiger partial charge in [-0.2, -0.15) is 4.98 Å². The van der Waals surface area contributed by atoms with Crippen LogP contribution in [-0.2, 0) is 9.53 Å². The van der Waals surface area contributed by atoms with Crippen LogP contribution in [-0.4, -0.2) is 84.8 Å². The molecule has 3 heterocycles. The molecule has 2 aliphatic rings. The number of anilines is 2. The third-order valence-electron chi connectivity index (χ3n) is 5.30. The van der Waals surface area contributed by atoms with Gasteiger partial charge in [0.1, 0.15) is 11.9 Å². The van der Waals surface area contributed by atoms with E-state index in [4.69, 9.17) is 19.9 Å². The molecule has 0 bridgehead atoms. The number of methoxy groups -OCH3 is 2. The maximum Gasteiger partial charge on any atom is 0.251 e. The number of piperazine rings is 1. The number of rotatable bonds is 4. The van der Waals surface area contributed by atoms with Gasteiger partial charge in [0, 0.05) is 44.2 Å². The van der Waals surface area contributed by atoms with Crippen LogP contribution in [0, 0.1) is 0 Å². The molecule has 0 radical (unpaired) electrons. The van der Waals surface area contributed by atoms with Crippen LogP contribution in [0.15, 0.2) is 12.1 Å². The van der Waals surface area contributed by atoms with Crippen LogP contribution in [0.1, 0.15) is 12.8 Å². The van der Waals surface area contributed by atoms with E-state index in [-0.39, 0.29) is 47.8 Å². The molecule has 1 amide bonds. The van der Waals surface area contributed by atoms with Gasteiger partial charge in [0.2, 0.25) is 5.95 Å². The molecule has 13 heteroatoms. The first-order valence-electron chi connectivity index (χ1n) is 9.45. The highest BCUT2D eigenvalue weighted by Gasteiger charge is 2.31. The van der Waals surface area contributed by atoms with Crippen molar-refractivity contribution in [2.75, 3.05) is 57.6 Å².